The lowest BCUT2D eigenvalue weighted by atomic mass is 10.1. The lowest BCUT2D eigenvalue weighted by Gasteiger charge is -2.04. The number of benzene rings is 1. The van der Waals surface area contributed by atoms with Crippen molar-refractivity contribution in [1.82, 2.24) is 25.2 Å². The maximum Gasteiger partial charge on any atom is 0.238 e. The van der Waals surface area contributed by atoms with Gasteiger partial charge in [-0.05, 0) is 41.9 Å². The fourth-order valence-electron chi connectivity index (χ4n) is 1.81. The monoisotopic (exact) mass is 303 g/mol. The molecule has 0 atom stereocenters. The van der Waals surface area contributed by atoms with Gasteiger partial charge in [-0.15, -0.1) is 26.3 Å². The van der Waals surface area contributed by atoms with Crippen LogP contribution in [0.4, 0.5) is 0 Å². The second kappa shape index (κ2) is 5.72. The summed E-state index contributed by atoms with van der Waals surface area (Å²) in [5, 5.41) is 15.3. The molecule has 5 nitrogen and oxygen atoms in total. The second-order valence-electron chi connectivity index (χ2n) is 4.20. The maximum atomic E-state index is 4.42. The van der Waals surface area contributed by atoms with Gasteiger partial charge in [0.1, 0.15) is 0 Å². The lowest BCUT2D eigenvalue weighted by molar-refractivity contribution is 0.709. The Balaban J connectivity index is 1.86. The van der Waals surface area contributed by atoms with E-state index in [1.807, 2.05) is 30.5 Å². The predicted molar refractivity (Wildman–Crippen MR) is 79.5 cm³/mol. The molecule has 20 heavy (non-hydrogen) atoms. The molecule has 0 amide bonds. The highest BCUT2D eigenvalue weighted by Gasteiger charge is 2.10. The Bertz CT molecular complexity index is 719. The van der Waals surface area contributed by atoms with Gasteiger partial charge in [-0.3, -0.25) is 0 Å². The van der Waals surface area contributed by atoms with E-state index in [-0.39, 0.29) is 0 Å². The van der Waals surface area contributed by atoms with Gasteiger partial charge in [-0.2, -0.15) is 0 Å². The standard InChI is InChI=1S/C13H13N5S2/c1-3-10-6-4-5-7-11(10)18-16-12(15-17-18)20-13-14-9(2)8-19-13/h4-8H,3H2,1-2H3. The first kappa shape index (κ1) is 13.3. The minimum absolute atomic E-state index is 0.616. The van der Waals surface area contributed by atoms with Crippen molar-refractivity contribution in [2.45, 2.75) is 29.8 Å². The number of tetrazole rings is 1. The SMILES string of the molecule is CCc1ccccc1-n1nnc(Sc2nc(C)cs2)n1. The first-order valence-corrected chi connectivity index (χ1v) is 7.94. The molecule has 1 aromatic carbocycles. The van der Waals surface area contributed by atoms with Gasteiger partial charge < -0.3 is 0 Å². The van der Waals surface area contributed by atoms with Crippen LogP contribution in [0.5, 0.6) is 0 Å². The van der Waals surface area contributed by atoms with E-state index in [1.165, 1.54) is 17.3 Å². The average molecular weight is 303 g/mol. The van der Waals surface area contributed by atoms with Gasteiger partial charge in [0.25, 0.3) is 0 Å². The molecule has 0 saturated carbocycles. The molecule has 0 unspecified atom stereocenters. The van der Waals surface area contributed by atoms with E-state index in [1.54, 1.807) is 16.1 Å². The maximum absolute atomic E-state index is 4.42. The molecule has 3 aromatic rings. The minimum atomic E-state index is 0.616. The molecular weight excluding hydrogens is 290 g/mol. The van der Waals surface area contributed by atoms with Crippen LogP contribution in [0.3, 0.4) is 0 Å². The largest absolute Gasteiger partial charge is 0.238 e. The molecule has 0 aliphatic heterocycles. The number of rotatable bonds is 4. The predicted octanol–water partition coefficient (Wildman–Crippen LogP) is 3.14. The Hall–Kier alpha value is -1.73. The van der Waals surface area contributed by atoms with Crippen molar-refractivity contribution >= 4 is 23.1 Å². The van der Waals surface area contributed by atoms with Gasteiger partial charge in [-0.25, -0.2) is 4.98 Å². The summed E-state index contributed by atoms with van der Waals surface area (Å²) in [4.78, 5) is 5.97. The van der Waals surface area contributed by atoms with Crippen LogP contribution in [-0.4, -0.2) is 25.2 Å². The Morgan fingerprint density at radius 2 is 2.15 bits per heavy atom. The van der Waals surface area contributed by atoms with E-state index >= 15 is 0 Å². The van der Waals surface area contributed by atoms with Crippen LogP contribution in [0.15, 0.2) is 39.1 Å². The van der Waals surface area contributed by atoms with Gasteiger partial charge in [0, 0.05) is 11.1 Å². The first-order valence-electron chi connectivity index (χ1n) is 6.24. The van der Waals surface area contributed by atoms with Gasteiger partial charge in [0.15, 0.2) is 4.34 Å². The van der Waals surface area contributed by atoms with Gasteiger partial charge in [0.2, 0.25) is 5.16 Å². The molecule has 7 heteroatoms. The summed E-state index contributed by atoms with van der Waals surface area (Å²) in [7, 11) is 0. The van der Waals surface area contributed by atoms with E-state index in [0.29, 0.717) is 5.16 Å². The van der Waals surface area contributed by atoms with Gasteiger partial charge in [-0.1, -0.05) is 25.1 Å². The van der Waals surface area contributed by atoms with E-state index < -0.39 is 0 Å². The van der Waals surface area contributed by atoms with Crippen LogP contribution < -0.4 is 0 Å². The van der Waals surface area contributed by atoms with Crippen LogP contribution in [0.1, 0.15) is 18.2 Å². The number of nitrogens with zero attached hydrogens (tertiary/aromatic N) is 5. The molecule has 0 fully saturated rings. The molecule has 2 aromatic heterocycles. The third-order valence-corrected chi connectivity index (χ3v) is 4.66. The number of para-hydroxylation sites is 1. The van der Waals surface area contributed by atoms with Crippen molar-refractivity contribution in [1.29, 1.82) is 0 Å². The Morgan fingerprint density at radius 3 is 2.90 bits per heavy atom. The topological polar surface area (TPSA) is 56.5 Å². The van der Waals surface area contributed by atoms with E-state index in [4.69, 9.17) is 0 Å². The molecule has 2 heterocycles. The van der Waals surface area contributed by atoms with Crippen LogP contribution in [0.25, 0.3) is 5.69 Å². The minimum Gasteiger partial charge on any atom is -0.235 e. The summed E-state index contributed by atoms with van der Waals surface area (Å²) in [5.74, 6) is 0. The van der Waals surface area contributed by atoms with Crippen LogP contribution in [0.2, 0.25) is 0 Å². The highest BCUT2D eigenvalue weighted by Crippen LogP contribution is 2.27. The Labute approximate surface area is 125 Å². The van der Waals surface area contributed by atoms with E-state index in [9.17, 15) is 0 Å². The molecular formula is C13H13N5S2. The van der Waals surface area contributed by atoms with Crippen molar-refractivity contribution in [3.8, 4) is 5.69 Å². The Kier molecular flexibility index (Phi) is 3.79. The zero-order valence-electron chi connectivity index (χ0n) is 11.1. The van der Waals surface area contributed by atoms with Crippen molar-refractivity contribution in [2.24, 2.45) is 0 Å². The lowest BCUT2D eigenvalue weighted by Crippen LogP contribution is -2.02. The van der Waals surface area contributed by atoms with Crippen molar-refractivity contribution in [3.05, 3.63) is 40.9 Å². The number of thiazole rings is 1. The van der Waals surface area contributed by atoms with Crippen molar-refractivity contribution in [3.63, 3.8) is 0 Å². The fourth-order valence-corrected chi connectivity index (χ4v) is 3.43. The quantitative estimate of drug-likeness (QED) is 0.741. The molecule has 0 N–H and O–H groups in total. The highest BCUT2D eigenvalue weighted by atomic mass is 32.2. The molecule has 3 rings (SSSR count). The van der Waals surface area contributed by atoms with E-state index in [2.05, 4.69) is 33.4 Å². The molecule has 0 radical (unpaired) electrons. The third kappa shape index (κ3) is 2.73. The average Bonchev–Trinajstić information content (AvgIpc) is 3.08. The van der Waals surface area contributed by atoms with Crippen molar-refractivity contribution in [2.75, 3.05) is 0 Å². The molecule has 0 bridgehead atoms. The molecule has 0 saturated heterocycles. The van der Waals surface area contributed by atoms with Gasteiger partial charge >= 0.3 is 0 Å². The first-order chi connectivity index (χ1) is 9.76. The molecule has 0 aliphatic carbocycles. The summed E-state index contributed by atoms with van der Waals surface area (Å²) in [6, 6.07) is 8.08. The summed E-state index contributed by atoms with van der Waals surface area (Å²) < 4.78 is 0.936. The fraction of sp³-hybridized carbons (Fsp3) is 0.231. The van der Waals surface area contributed by atoms with Crippen LogP contribution in [0, 0.1) is 6.92 Å². The normalized spacial score (nSPS) is 10.9. The van der Waals surface area contributed by atoms with Crippen LogP contribution in [-0.2, 0) is 6.42 Å². The molecule has 102 valence electrons. The summed E-state index contributed by atoms with van der Waals surface area (Å²) in [5.41, 5.74) is 3.19. The van der Waals surface area contributed by atoms with Gasteiger partial charge in [0.05, 0.1) is 5.69 Å². The third-order valence-electron chi connectivity index (χ3n) is 2.76. The van der Waals surface area contributed by atoms with Crippen LogP contribution >= 0.6 is 23.1 Å². The number of hydrogen-bond acceptors (Lipinski definition) is 6. The van der Waals surface area contributed by atoms with Crippen molar-refractivity contribution < 1.29 is 0 Å². The zero-order valence-corrected chi connectivity index (χ0v) is 12.8. The number of aryl methyl sites for hydroxylation is 2. The second-order valence-corrected chi connectivity index (χ2v) is 6.27. The summed E-state index contributed by atoms with van der Waals surface area (Å²) >= 11 is 3.03. The number of hydrogen-bond donors (Lipinski definition) is 0. The smallest absolute Gasteiger partial charge is 0.235 e. The summed E-state index contributed by atoms with van der Waals surface area (Å²) in [6.45, 7) is 4.09. The van der Waals surface area contributed by atoms with E-state index in [0.717, 1.165) is 22.1 Å². The highest BCUT2D eigenvalue weighted by molar-refractivity contribution is 8.00. The zero-order chi connectivity index (χ0) is 13.9. The number of aromatic nitrogens is 5. The summed E-state index contributed by atoms with van der Waals surface area (Å²) in [6.07, 6.45) is 0.936. The Morgan fingerprint density at radius 1 is 1.30 bits per heavy atom. The molecule has 0 spiro atoms. The molecule has 0 aliphatic rings.